The molecule has 0 saturated carbocycles. The Morgan fingerprint density at radius 1 is 1.28 bits per heavy atom. The summed E-state index contributed by atoms with van der Waals surface area (Å²) < 4.78 is 5.43. The van der Waals surface area contributed by atoms with Crippen LogP contribution in [0.5, 0.6) is 5.75 Å². The van der Waals surface area contributed by atoms with Gasteiger partial charge in [0.15, 0.2) is 0 Å². The predicted molar refractivity (Wildman–Crippen MR) is 72.7 cm³/mol. The number of hydrogen-bond acceptors (Lipinski definition) is 3. The first-order valence-electron chi connectivity index (χ1n) is 6.18. The van der Waals surface area contributed by atoms with Crippen molar-refractivity contribution >= 4 is 0 Å². The van der Waals surface area contributed by atoms with E-state index >= 15 is 0 Å². The minimum absolute atomic E-state index is 0.688. The van der Waals surface area contributed by atoms with Gasteiger partial charge >= 0.3 is 0 Å². The second-order valence-corrected chi connectivity index (χ2v) is 4.14. The van der Waals surface area contributed by atoms with Crippen LogP contribution in [0, 0.1) is 6.92 Å². The van der Waals surface area contributed by atoms with Crippen LogP contribution in [0.25, 0.3) is 11.3 Å². The van der Waals surface area contributed by atoms with Gasteiger partial charge in [0, 0.05) is 11.3 Å². The fourth-order valence-corrected chi connectivity index (χ4v) is 1.93. The van der Waals surface area contributed by atoms with E-state index in [0.717, 1.165) is 35.1 Å². The number of nitrogens with zero attached hydrogens (tertiary/aromatic N) is 1. The number of imidazole rings is 1. The highest BCUT2D eigenvalue weighted by Crippen LogP contribution is 2.23. The van der Waals surface area contributed by atoms with Gasteiger partial charge in [-0.2, -0.15) is 0 Å². The highest BCUT2D eigenvalue weighted by molar-refractivity contribution is 5.62. The zero-order valence-electron chi connectivity index (χ0n) is 11.1. The van der Waals surface area contributed by atoms with E-state index in [1.165, 1.54) is 0 Å². The summed E-state index contributed by atoms with van der Waals surface area (Å²) in [6.45, 7) is 5.46. The van der Waals surface area contributed by atoms with Crippen molar-refractivity contribution in [3.8, 4) is 17.0 Å². The molecule has 0 saturated heterocycles. The lowest BCUT2D eigenvalue weighted by Gasteiger charge is -2.03. The number of H-pyrrole nitrogens is 1. The molecular formula is C14H19N3O. The van der Waals surface area contributed by atoms with E-state index in [1.807, 2.05) is 45.2 Å². The minimum Gasteiger partial charge on any atom is -0.494 e. The molecule has 1 aromatic heterocycles. The summed E-state index contributed by atoms with van der Waals surface area (Å²) in [6, 6.07) is 8.03. The van der Waals surface area contributed by atoms with E-state index in [9.17, 15) is 0 Å². The molecule has 1 heterocycles. The summed E-state index contributed by atoms with van der Waals surface area (Å²) in [7, 11) is 1.91. The number of aromatic nitrogens is 2. The largest absolute Gasteiger partial charge is 0.494 e. The van der Waals surface area contributed by atoms with Gasteiger partial charge in [-0.3, -0.25) is 0 Å². The maximum absolute atomic E-state index is 5.43. The molecule has 0 fully saturated rings. The third kappa shape index (κ3) is 2.71. The molecule has 0 unspecified atom stereocenters. The molecule has 96 valence electrons. The zero-order valence-corrected chi connectivity index (χ0v) is 11.1. The minimum atomic E-state index is 0.688. The molecule has 0 radical (unpaired) electrons. The smallest absolute Gasteiger partial charge is 0.121 e. The maximum Gasteiger partial charge on any atom is 0.121 e. The number of hydrogen-bond donors (Lipinski definition) is 2. The van der Waals surface area contributed by atoms with Crippen LogP contribution in [0.4, 0.5) is 0 Å². The van der Waals surface area contributed by atoms with Crippen molar-refractivity contribution in [1.82, 2.24) is 15.3 Å². The number of aromatic amines is 1. The molecule has 0 amide bonds. The van der Waals surface area contributed by atoms with Gasteiger partial charge in [-0.15, -0.1) is 0 Å². The molecule has 0 aliphatic heterocycles. The molecule has 0 aliphatic rings. The first kappa shape index (κ1) is 12.6. The van der Waals surface area contributed by atoms with Crippen molar-refractivity contribution in [2.75, 3.05) is 13.7 Å². The normalized spacial score (nSPS) is 10.6. The van der Waals surface area contributed by atoms with Crippen LogP contribution in [-0.2, 0) is 6.54 Å². The van der Waals surface area contributed by atoms with E-state index in [0.29, 0.717) is 6.61 Å². The third-order valence-electron chi connectivity index (χ3n) is 2.72. The second kappa shape index (κ2) is 5.69. The molecule has 0 bridgehead atoms. The first-order chi connectivity index (χ1) is 8.74. The molecule has 0 spiro atoms. The van der Waals surface area contributed by atoms with Crippen molar-refractivity contribution < 1.29 is 4.74 Å². The maximum atomic E-state index is 5.43. The van der Waals surface area contributed by atoms with Gasteiger partial charge in [0.1, 0.15) is 11.6 Å². The van der Waals surface area contributed by atoms with Gasteiger partial charge in [0.05, 0.1) is 18.8 Å². The molecule has 2 N–H and O–H groups in total. The zero-order chi connectivity index (χ0) is 13.0. The lowest BCUT2D eigenvalue weighted by atomic mass is 10.1. The van der Waals surface area contributed by atoms with Crippen molar-refractivity contribution in [3.63, 3.8) is 0 Å². The second-order valence-electron chi connectivity index (χ2n) is 4.14. The average molecular weight is 245 g/mol. The van der Waals surface area contributed by atoms with E-state index in [2.05, 4.69) is 15.3 Å². The first-order valence-corrected chi connectivity index (χ1v) is 6.18. The Morgan fingerprint density at radius 3 is 2.61 bits per heavy atom. The highest BCUT2D eigenvalue weighted by atomic mass is 16.5. The van der Waals surface area contributed by atoms with Crippen LogP contribution < -0.4 is 10.1 Å². The molecular weight excluding hydrogens is 226 g/mol. The molecule has 1 aromatic carbocycles. The molecule has 2 rings (SSSR count). The average Bonchev–Trinajstić information content (AvgIpc) is 2.72. The van der Waals surface area contributed by atoms with Crippen LogP contribution in [0.1, 0.15) is 18.4 Å². The van der Waals surface area contributed by atoms with Crippen LogP contribution in [0.3, 0.4) is 0 Å². The van der Waals surface area contributed by atoms with E-state index < -0.39 is 0 Å². The molecule has 18 heavy (non-hydrogen) atoms. The molecule has 0 aliphatic carbocycles. The van der Waals surface area contributed by atoms with Crippen molar-refractivity contribution in [3.05, 3.63) is 35.8 Å². The fraction of sp³-hybridized carbons (Fsp3) is 0.357. The number of rotatable bonds is 5. The Morgan fingerprint density at radius 2 is 2.00 bits per heavy atom. The summed E-state index contributed by atoms with van der Waals surface area (Å²) in [5, 5.41) is 3.09. The summed E-state index contributed by atoms with van der Waals surface area (Å²) in [6.07, 6.45) is 0. The highest BCUT2D eigenvalue weighted by Gasteiger charge is 2.08. The van der Waals surface area contributed by atoms with E-state index in [-0.39, 0.29) is 0 Å². The Bertz CT molecular complexity index is 502. The van der Waals surface area contributed by atoms with Crippen molar-refractivity contribution in [2.24, 2.45) is 0 Å². The Labute approximate surface area is 107 Å². The van der Waals surface area contributed by atoms with Gasteiger partial charge < -0.3 is 15.0 Å². The number of benzene rings is 1. The van der Waals surface area contributed by atoms with Crippen LogP contribution in [0.2, 0.25) is 0 Å². The molecule has 4 nitrogen and oxygen atoms in total. The summed E-state index contributed by atoms with van der Waals surface area (Å²) in [5.74, 6) is 1.85. The fourth-order valence-electron chi connectivity index (χ4n) is 1.93. The quantitative estimate of drug-likeness (QED) is 0.851. The summed E-state index contributed by atoms with van der Waals surface area (Å²) in [5.41, 5.74) is 3.20. The van der Waals surface area contributed by atoms with Crippen molar-refractivity contribution in [2.45, 2.75) is 20.4 Å². The molecule has 4 heteroatoms. The number of aryl methyl sites for hydroxylation is 1. The standard InChI is InChI=1S/C14H19N3O/c1-4-18-12-7-5-11(6-8-12)14-10(2)16-13(17-14)9-15-3/h5-8,15H,4,9H2,1-3H3,(H,16,17). The lowest BCUT2D eigenvalue weighted by molar-refractivity contribution is 0.340. The predicted octanol–water partition coefficient (Wildman–Crippen LogP) is 2.50. The monoisotopic (exact) mass is 245 g/mol. The number of ether oxygens (including phenoxy) is 1. The topological polar surface area (TPSA) is 49.9 Å². The Kier molecular flexibility index (Phi) is 3.99. The van der Waals surface area contributed by atoms with Crippen LogP contribution >= 0.6 is 0 Å². The van der Waals surface area contributed by atoms with Gasteiger partial charge in [0.2, 0.25) is 0 Å². The summed E-state index contributed by atoms with van der Waals surface area (Å²) in [4.78, 5) is 7.87. The van der Waals surface area contributed by atoms with Gasteiger partial charge in [0.25, 0.3) is 0 Å². The van der Waals surface area contributed by atoms with Gasteiger partial charge in [-0.1, -0.05) is 0 Å². The van der Waals surface area contributed by atoms with E-state index in [1.54, 1.807) is 0 Å². The Hall–Kier alpha value is -1.81. The molecule has 2 aromatic rings. The number of nitrogens with one attached hydrogen (secondary N) is 2. The van der Waals surface area contributed by atoms with Crippen LogP contribution in [-0.4, -0.2) is 23.6 Å². The Balaban J connectivity index is 2.24. The van der Waals surface area contributed by atoms with E-state index in [4.69, 9.17) is 4.74 Å². The lowest BCUT2D eigenvalue weighted by Crippen LogP contribution is -2.06. The van der Waals surface area contributed by atoms with Gasteiger partial charge in [-0.05, 0) is 45.2 Å². The SMILES string of the molecule is CCOc1ccc(-c2nc(CNC)[nH]c2C)cc1. The van der Waals surface area contributed by atoms with Crippen molar-refractivity contribution in [1.29, 1.82) is 0 Å². The third-order valence-corrected chi connectivity index (χ3v) is 2.72. The molecule has 0 atom stereocenters. The van der Waals surface area contributed by atoms with Gasteiger partial charge in [-0.25, -0.2) is 4.98 Å². The summed E-state index contributed by atoms with van der Waals surface area (Å²) >= 11 is 0. The van der Waals surface area contributed by atoms with Crippen LogP contribution in [0.15, 0.2) is 24.3 Å².